The number of hydrogen-bond acceptors (Lipinski definition) is 5. The molecule has 7 nitrogen and oxygen atoms in total. The summed E-state index contributed by atoms with van der Waals surface area (Å²) in [6.07, 6.45) is 0.936. The maximum atomic E-state index is 13.3. The van der Waals surface area contributed by atoms with E-state index in [2.05, 4.69) is 0 Å². The molecule has 148 valence electrons. The Labute approximate surface area is 160 Å². The normalized spacial score (nSPS) is 23.4. The van der Waals surface area contributed by atoms with Gasteiger partial charge < -0.3 is 24.0 Å². The van der Waals surface area contributed by atoms with E-state index in [-0.39, 0.29) is 23.8 Å². The van der Waals surface area contributed by atoms with Gasteiger partial charge in [0.15, 0.2) is 0 Å². The van der Waals surface area contributed by atoms with Crippen molar-refractivity contribution in [2.75, 3.05) is 53.7 Å². The molecule has 0 bridgehead atoms. The molecule has 0 unspecified atom stereocenters. The second kappa shape index (κ2) is 9.19. The first kappa shape index (κ1) is 19.6. The SMILES string of the molecule is COCCN1C(=O)CC[C@@H](C(=O)N2CCOCC2)[C@@H]1c1cccc(OC)c1. The fourth-order valence-corrected chi connectivity index (χ4v) is 3.92. The standard InChI is InChI=1S/C20H28N2O5/c1-25-11-10-22-18(23)7-6-17(20(24)21-8-12-27-13-9-21)19(22)15-4-3-5-16(14-15)26-2/h3-5,14,17,19H,6-13H2,1-2H3/t17-,19+/m1/s1. The number of rotatable bonds is 6. The molecule has 2 fully saturated rings. The molecule has 1 aromatic carbocycles. The summed E-state index contributed by atoms with van der Waals surface area (Å²) in [5.41, 5.74) is 0.921. The first-order valence-electron chi connectivity index (χ1n) is 9.44. The number of hydrogen-bond donors (Lipinski definition) is 0. The van der Waals surface area contributed by atoms with Gasteiger partial charge in [0.2, 0.25) is 11.8 Å². The van der Waals surface area contributed by atoms with Crippen LogP contribution < -0.4 is 4.74 Å². The Morgan fingerprint density at radius 3 is 2.74 bits per heavy atom. The van der Waals surface area contributed by atoms with Gasteiger partial charge in [-0.3, -0.25) is 9.59 Å². The monoisotopic (exact) mass is 376 g/mol. The third kappa shape index (κ3) is 4.42. The Morgan fingerprint density at radius 1 is 1.26 bits per heavy atom. The number of nitrogens with zero attached hydrogens (tertiary/aromatic N) is 2. The molecule has 2 amide bonds. The molecule has 0 radical (unpaired) electrons. The minimum atomic E-state index is -0.313. The van der Waals surface area contributed by atoms with E-state index < -0.39 is 0 Å². The zero-order chi connectivity index (χ0) is 19.2. The third-order valence-corrected chi connectivity index (χ3v) is 5.32. The highest BCUT2D eigenvalue weighted by Gasteiger charge is 2.42. The number of piperidine rings is 1. The lowest BCUT2D eigenvalue weighted by atomic mass is 9.83. The van der Waals surface area contributed by atoms with Crippen LogP contribution in [0.15, 0.2) is 24.3 Å². The van der Waals surface area contributed by atoms with Crippen molar-refractivity contribution in [3.05, 3.63) is 29.8 Å². The Morgan fingerprint density at radius 2 is 2.04 bits per heavy atom. The van der Waals surface area contributed by atoms with Crippen molar-refractivity contribution in [3.8, 4) is 5.75 Å². The van der Waals surface area contributed by atoms with Crippen molar-refractivity contribution >= 4 is 11.8 Å². The van der Waals surface area contributed by atoms with Gasteiger partial charge in [-0.2, -0.15) is 0 Å². The van der Waals surface area contributed by atoms with Crippen molar-refractivity contribution in [3.63, 3.8) is 0 Å². The van der Waals surface area contributed by atoms with Gasteiger partial charge in [0, 0.05) is 33.2 Å². The summed E-state index contributed by atoms with van der Waals surface area (Å²) in [4.78, 5) is 29.6. The van der Waals surface area contributed by atoms with Crippen molar-refractivity contribution in [1.82, 2.24) is 9.80 Å². The first-order valence-corrected chi connectivity index (χ1v) is 9.44. The quantitative estimate of drug-likeness (QED) is 0.752. The van der Waals surface area contributed by atoms with E-state index in [9.17, 15) is 9.59 Å². The molecular formula is C20H28N2O5. The van der Waals surface area contributed by atoms with Crippen molar-refractivity contribution in [2.45, 2.75) is 18.9 Å². The molecule has 0 aliphatic carbocycles. The van der Waals surface area contributed by atoms with E-state index in [0.29, 0.717) is 52.3 Å². The largest absolute Gasteiger partial charge is 0.497 e. The lowest BCUT2D eigenvalue weighted by molar-refractivity contribution is -0.151. The molecule has 2 saturated heterocycles. The van der Waals surface area contributed by atoms with Crippen LogP contribution >= 0.6 is 0 Å². The average Bonchev–Trinajstić information content (AvgIpc) is 2.72. The van der Waals surface area contributed by atoms with Gasteiger partial charge in [-0.15, -0.1) is 0 Å². The first-order chi connectivity index (χ1) is 13.2. The summed E-state index contributed by atoms with van der Waals surface area (Å²) in [7, 11) is 3.23. The second-order valence-electron chi connectivity index (χ2n) is 6.88. The number of morpholine rings is 1. The molecule has 2 heterocycles. The summed E-state index contributed by atoms with van der Waals surface area (Å²) in [5, 5.41) is 0. The number of amides is 2. The van der Waals surface area contributed by atoms with E-state index in [1.807, 2.05) is 29.2 Å². The molecule has 7 heteroatoms. The molecule has 0 spiro atoms. The second-order valence-corrected chi connectivity index (χ2v) is 6.88. The van der Waals surface area contributed by atoms with E-state index in [0.717, 1.165) is 11.3 Å². The van der Waals surface area contributed by atoms with Crippen LogP contribution in [0, 0.1) is 5.92 Å². The molecule has 27 heavy (non-hydrogen) atoms. The summed E-state index contributed by atoms with van der Waals surface area (Å²) in [5.74, 6) is 0.603. The zero-order valence-corrected chi connectivity index (χ0v) is 16.1. The number of carbonyl (C=O) groups excluding carboxylic acids is 2. The van der Waals surface area contributed by atoms with Gasteiger partial charge in [-0.1, -0.05) is 12.1 Å². The predicted molar refractivity (Wildman–Crippen MR) is 99.4 cm³/mol. The van der Waals surface area contributed by atoms with Crippen LogP contribution in [0.25, 0.3) is 0 Å². The van der Waals surface area contributed by atoms with Crippen LogP contribution in [0.1, 0.15) is 24.4 Å². The van der Waals surface area contributed by atoms with Gasteiger partial charge >= 0.3 is 0 Å². The number of likely N-dealkylation sites (tertiary alicyclic amines) is 1. The molecule has 2 aliphatic rings. The average molecular weight is 376 g/mol. The van der Waals surface area contributed by atoms with Gasteiger partial charge in [0.05, 0.1) is 38.9 Å². The Hall–Kier alpha value is -2.12. The maximum Gasteiger partial charge on any atom is 0.228 e. The number of benzene rings is 1. The van der Waals surface area contributed by atoms with Gasteiger partial charge in [-0.05, 0) is 24.1 Å². The molecule has 2 atom stereocenters. The summed E-state index contributed by atoms with van der Waals surface area (Å²) < 4.78 is 15.9. The fraction of sp³-hybridized carbons (Fsp3) is 0.600. The van der Waals surface area contributed by atoms with Crippen LogP contribution in [0.5, 0.6) is 5.75 Å². The topological polar surface area (TPSA) is 68.3 Å². The summed E-state index contributed by atoms with van der Waals surface area (Å²) >= 11 is 0. The summed E-state index contributed by atoms with van der Waals surface area (Å²) in [6, 6.07) is 7.34. The van der Waals surface area contributed by atoms with Gasteiger partial charge in [0.1, 0.15) is 5.75 Å². The van der Waals surface area contributed by atoms with E-state index in [1.54, 1.807) is 19.1 Å². The fourth-order valence-electron chi connectivity index (χ4n) is 3.92. The van der Waals surface area contributed by atoms with Crippen molar-refractivity contribution in [2.24, 2.45) is 5.92 Å². The number of methoxy groups -OCH3 is 2. The molecule has 1 aromatic rings. The van der Waals surface area contributed by atoms with E-state index >= 15 is 0 Å². The van der Waals surface area contributed by atoms with Crippen molar-refractivity contribution < 1.29 is 23.8 Å². The molecular weight excluding hydrogens is 348 g/mol. The molecule has 2 aliphatic heterocycles. The van der Waals surface area contributed by atoms with E-state index in [4.69, 9.17) is 14.2 Å². The van der Waals surface area contributed by atoms with Crippen molar-refractivity contribution in [1.29, 1.82) is 0 Å². The summed E-state index contributed by atoms with van der Waals surface area (Å²) in [6.45, 7) is 3.23. The Bertz CT molecular complexity index is 660. The zero-order valence-electron chi connectivity index (χ0n) is 16.1. The smallest absolute Gasteiger partial charge is 0.228 e. The number of ether oxygens (including phenoxy) is 3. The van der Waals surface area contributed by atoms with Gasteiger partial charge in [0.25, 0.3) is 0 Å². The molecule has 0 aromatic heterocycles. The van der Waals surface area contributed by atoms with Crippen LogP contribution in [-0.4, -0.2) is 75.3 Å². The highest BCUT2D eigenvalue weighted by molar-refractivity contribution is 5.85. The van der Waals surface area contributed by atoms with Crippen LogP contribution in [0.4, 0.5) is 0 Å². The molecule has 0 N–H and O–H groups in total. The Kier molecular flexibility index (Phi) is 6.68. The van der Waals surface area contributed by atoms with Crippen LogP contribution in [0.2, 0.25) is 0 Å². The Balaban J connectivity index is 1.93. The number of carbonyl (C=O) groups is 2. The minimum Gasteiger partial charge on any atom is -0.497 e. The highest BCUT2D eigenvalue weighted by Crippen LogP contribution is 2.38. The van der Waals surface area contributed by atoms with Gasteiger partial charge in [-0.25, -0.2) is 0 Å². The minimum absolute atomic E-state index is 0.0610. The lowest BCUT2D eigenvalue weighted by Gasteiger charge is -2.43. The predicted octanol–water partition coefficient (Wildman–Crippen LogP) is 1.48. The van der Waals surface area contributed by atoms with Crippen LogP contribution in [0.3, 0.4) is 0 Å². The maximum absolute atomic E-state index is 13.3. The molecule has 0 saturated carbocycles. The highest BCUT2D eigenvalue weighted by atomic mass is 16.5. The van der Waals surface area contributed by atoms with E-state index in [1.165, 1.54) is 0 Å². The molecule has 3 rings (SSSR count). The van der Waals surface area contributed by atoms with Crippen LogP contribution in [-0.2, 0) is 19.1 Å². The third-order valence-electron chi connectivity index (χ3n) is 5.32. The lowest BCUT2D eigenvalue weighted by Crippen LogP contribution is -2.51.